The Bertz CT molecular complexity index is 759. The number of hydrogen-bond donors (Lipinski definition) is 0. The van der Waals surface area contributed by atoms with Crippen LogP contribution >= 0.6 is 0 Å². The maximum Gasteiger partial charge on any atom is 0.256 e. The van der Waals surface area contributed by atoms with Crippen LogP contribution in [0.25, 0.3) is 0 Å². The highest BCUT2D eigenvalue weighted by Crippen LogP contribution is 2.45. The fourth-order valence-corrected chi connectivity index (χ4v) is 4.05. The molecule has 3 aromatic rings. The Kier molecular flexibility index (Phi) is 5.01. The lowest BCUT2D eigenvalue weighted by Gasteiger charge is -2.45. The summed E-state index contributed by atoms with van der Waals surface area (Å²) in [6, 6.07) is 28.5. The van der Waals surface area contributed by atoms with Crippen molar-refractivity contribution in [1.82, 2.24) is 4.90 Å². The molecule has 4 heteroatoms. The van der Waals surface area contributed by atoms with E-state index >= 15 is 0 Å². The molecule has 0 aliphatic carbocycles. The fourth-order valence-electron chi connectivity index (χ4n) is 4.05. The summed E-state index contributed by atoms with van der Waals surface area (Å²) in [5.41, 5.74) is 1.97. The molecule has 138 valence electrons. The van der Waals surface area contributed by atoms with Crippen LogP contribution < -0.4 is 0 Å². The van der Waals surface area contributed by atoms with E-state index < -0.39 is 18.0 Å². The number of nitrogens with zero attached hydrogens (tertiary/aromatic N) is 1. The third-order valence-electron chi connectivity index (χ3n) is 5.22. The zero-order chi connectivity index (χ0) is 18.7. The van der Waals surface area contributed by atoms with E-state index in [4.69, 9.17) is 4.74 Å². The van der Waals surface area contributed by atoms with E-state index in [1.807, 2.05) is 91.0 Å². The van der Waals surface area contributed by atoms with Crippen LogP contribution in [0, 0.1) is 0 Å². The SMILES string of the molecule is FC(F)[C@H]1COCN1C(c1ccccc1)(c1ccccc1)c1ccccc1. The summed E-state index contributed by atoms with van der Waals surface area (Å²) in [5, 5.41) is 0. The number of alkyl halides is 2. The van der Waals surface area contributed by atoms with Crippen LogP contribution in [0.5, 0.6) is 0 Å². The zero-order valence-corrected chi connectivity index (χ0v) is 14.8. The first-order valence-corrected chi connectivity index (χ1v) is 9.04. The van der Waals surface area contributed by atoms with Gasteiger partial charge in [-0.15, -0.1) is 0 Å². The van der Waals surface area contributed by atoms with Gasteiger partial charge in [-0.25, -0.2) is 8.78 Å². The summed E-state index contributed by atoms with van der Waals surface area (Å²) in [7, 11) is 0. The van der Waals surface area contributed by atoms with Crippen LogP contribution in [-0.4, -0.2) is 30.7 Å². The quantitative estimate of drug-likeness (QED) is 0.596. The van der Waals surface area contributed by atoms with E-state index in [2.05, 4.69) is 0 Å². The van der Waals surface area contributed by atoms with E-state index in [1.165, 1.54) is 0 Å². The normalized spacial score (nSPS) is 18.1. The second-order valence-corrected chi connectivity index (χ2v) is 6.68. The highest BCUT2D eigenvalue weighted by molar-refractivity contribution is 5.50. The van der Waals surface area contributed by atoms with Crippen LogP contribution in [0.4, 0.5) is 8.78 Å². The molecule has 2 nitrogen and oxygen atoms in total. The van der Waals surface area contributed by atoms with Crippen LogP contribution in [-0.2, 0) is 10.3 Å². The molecule has 4 rings (SSSR count). The van der Waals surface area contributed by atoms with Crippen molar-refractivity contribution in [3.63, 3.8) is 0 Å². The third kappa shape index (κ3) is 3.05. The largest absolute Gasteiger partial charge is 0.364 e. The van der Waals surface area contributed by atoms with Crippen molar-refractivity contribution >= 4 is 0 Å². The molecule has 1 aliphatic heterocycles. The average molecular weight is 365 g/mol. The van der Waals surface area contributed by atoms with Gasteiger partial charge in [0.25, 0.3) is 6.43 Å². The highest BCUT2D eigenvalue weighted by atomic mass is 19.3. The molecule has 1 fully saturated rings. The molecule has 0 bridgehead atoms. The van der Waals surface area contributed by atoms with Crippen molar-refractivity contribution in [2.24, 2.45) is 0 Å². The van der Waals surface area contributed by atoms with Gasteiger partial charge < -0.3 is 4.74 Å². The van der Waals surface area contributed by atoms with Crippen molar-refractivity contribution < 1.29 is 13.5 Å². The van der Waals surface area contributed by atoms with Crippen molar-refractivity contribution in [2.45, 2.75) is 18.0 Å². The molecular formula is C23H21F2NO. The molecule has 0 amide bonds. The Morgan fingerprint density at radius 2 is 1.15 bits per heavy atom. The van der Waals surface area contributed by atoms with Crippen molar-refractivity contribution in [3.05, 3.63) is 108 Å². The predicted octanol–water partition coefficient (Wildman–Crippen LogP) is 4.90. The molecule has 1 aliphatic rings. The van der Waals surface area contributed by atoms with Crippen LogP contribution in [0.2, 0.25) is 0 Å². The Morgan fingerprint density at radius 3 is 1.52 bits per heavy atom. The molecule has 1 atom stereocenters. The molecule has 0 aromatic heterocycles. The molecule has 0 unspecified atom stereocenters. The lowest BCUT2D eigenvalue weighted by Crippen LogP contribution is -2.53. The smallest absolute Gasteiger partial charge is 0.256 e. The summed E-state index contributed by atoms with van der Waals surface area (Å²) in [6.07, 6.45) is -2.50. The summed E-state index contributed by atoms with van der Waals surface area (Å²) in [6.45, 7) is 0.166. The minimum atomic E-state index is -2.50. The molecular weight excluding hydrogens is 344 g/mol. The molecule has 27 heavy (non-hydrogen) atoms. The molecule has 0 radical (unpaired) electrons. The number of hydrogen-bond acceptors (Lipinski definition) is 2. The summed E-state index contributed by atoms with van der Waals surface area (Å²) in [5.74, 6) is 0. The van der Waals surface area contributed by atoms with Gasteiger partial charge in [0, 0.05) is 0 Å². The van der Waals surface area contributed by atoms with Crippen LogP contribution in [0.15, 0.2) is 91.0 Å². The molecule has 0 saturated carbocycles. The highest BCUT2D eigenvalue weighted by Gasteiger charge is 2.49. The van der Waals surface area contributed by atoms with Gasteiger partial charge in [-0.05, 0) is 16.7 Å². The summed E-state index contributed by atoms with van der Waals surface area (Å²) in [4.78, 5) is 1.80. The summed E-state index contributed by atoms with van der Waals surface area (Å²) >= 11 is 0. The van der Waals surface area contributed by atoms with Crippen molar-refractivity contribution in [3.8, 4) is 0 Å². The second-order valence-electron chi connectivity index (χ2n) is 6.68. The fraction of sp³-hybridized carbons (Fsp3) is 0.217. The molecule has 0 N–H and O–H groups in total. The van der Waals surface area contributed by atoms with Gasteiger partial charge in [0.2, 0.25) is 0 Å². The van der Waals surface area contributed by atoms with Crippen LogP contribution in [0.1, 0.15) is 16.7 Å². The molecule has 0 spiro atoms. The minimum Gasteiger partial charge on any atom is -0.364 e. The Balaban J connectivity index is 2.04. The number of halogens is 2. The van der Waals surface area contributed by atoms with E-state index in [1.54, 1.807) is 4.90 Å². The average Bonchev–Trinajstić information content (AvgIpc) is 3.22. The first kappa shape index (κ1) is 17.8. The Morgan fingerprint density at radius 1 is 0.741 bits per heavy atom. The molecule has 1 heterocycles. The zero-order valence-electron chi connectivity index (χ0n) is 14.8. The standard InChI is InChI=1S/C23H21F2NO/c24-22(25)21-16-27-17-26(21)23(18-10-4-1-5-11-18,19-12-6-2-7-13-19)20-14-8-3-9-15-20/h1-15,21-22H,16-17H2/t21-/m1/s1. The maximum atomic E-state index is 13.9. The maximum absolute atomic E-state index is 13.9. The van der Waals surface area contributed by atoms with E-state index in [0.29, 0.717) is 0 Å². The van der Waals surface area contributed by atoms with E-state index in [9.17, 15) is 8.78 Å². The molecule has 3 aromatic carbocycles. The van der Waals surface area contributed by atoms with Crippen LogP contribution in [0.3, 0.4) is 0 Å². The van der Waals surface area contributed by atoms with Gasteiger partial charge in [-0.1, -0.05) is 91.0 Å². The Hall–Kier alpha value is -2.56. The van der Waals surface area contributed by atoms with Gasteiger partial charge >= 0.3 is 0 Å². The van der Waals surface area contributed by atoms with Crippen molar-refractivity contribution in [1.29, 1.82) is 0 Å². The lowest BCUT2D eigenvalue weighted by molar-refractivity contribution is 0.0137. The monoisotopic (exact) mass is 365 g/mol. The second kappa shape index (κ2) is 7.59. The van der Waals surface area contributed by atoms with Gasteiger partial charge in [0.15, 0.2) is 0 Å². The van der Waals surface area contributed by atoms with E-state index in [-0.39, 0.29) is 13.3 Å². The number of rotatable bonds is 5. The van der Waals surface area contributed by atoms with Gasteiger partial charge in [-0.3, -0.25) is 4.90 Å². The summed E-state index contributed by atoms with van der Waals surface area (Å²) < 4.78 is 33.4. The Labute approximate surface area is 158 Å². The topological polar surface area (TPSA) is 12.5 Å². The third-order valence-corrected chi connectivity index (χ3v) is 5.22. The van der Waals surface area contributed by atoms with Gasteiger partial charge in [0.1, 0.15) is 6.73 Å². The first-order valence-electron chi connectivity index (χ1n) is 9.04. The van der Waals surface area contributed by atoms with E-state index in [0.717, 1.165) is 16.7 Å². The predicted molar refractivity (Wildman–Crippen MR) is 102 cm³/mol. The number of benzene rings is 3. The minimum absolute atomic E-state index is 0.0198. The lowest BCUT2D eigenvalue weighted by atomic mass is 9.75. The number of ether oxygens (including phenoxy) is 1. The van der Waals surface area contributed by atoms with Gasteiger partial charge in [-0.2, -0.15) is 0 Å². The van der Waals surface area contributed by atoms with Gasteiger partial charge in [0.05, 0.1) is 18.2 Å². The van der Waals surface area contributed by atoms with Crippen molar-refractivity contribution in [2.75, 3.05) is 13.3 Å². The molecule has 1 saturated heterocycles. The first-order chi connectivity index (χ1) is 13.2.